The highest BCUT2D eigenvalue weighted by Crippen LogP contribution is 2.44. The lowest BCUT2D eigenvalue weighted by Crippen LogP contribution is -2.55. The fraction of sp³-hybridized carbons (Fsp3) is 0.360. The zero-order valence-electron chi connectivity index (χ0n) is 18.0. The van der Waals surface area contributed by atoms with Crippen LogP contribution in [0.5, 0.6) is 5.75 Å². The first-order valence-corrected chi connectivity index (χ1v) is 10.8. The summed E-state index contributed by atoms with van der Waals surface area (Å²) in [5, 5.41) is 32.8. The van der Waals surface area contributed by atoms with Gasteiger partial charge in [0.2, 0.25) is 0 Å². The number of methoxy groups -OCH3 is 2. The van der Waals surface area contributed by atoms with Crippen LogP contribution in [0.2, 0.25) is 5.02 Å². The van der Waals surface area contributed by atoms with E-state index in [9.17, 15) is 15.3 Å². The molecule has 1 fully saturated rings. The topological polar surface area (TPSA) is 88.4 Å². The fourth-order valence-electron chi connectivity index (χ4n) is 4.37. The van der Waals surface area contributed by atoms with E-state index in [1.165, 1.54) is 7.11 Å². The minimum atomic E-state index is -1.36. The average molecular weight is 459 g/mol. The molecule has 0 amide bonds. The van der Waals surface area contributed by atoms with Crippen molar-refractivity contribution in [2.45, 2.75) is 36.9 Å². The van der Waals surface area contributed by atoms with Crippen molar-refractivity contribution in [2.75, 3.05) is 20.8 Å². The molecule has 6 nitrogen and oxygen atoms in total. The maximum atomic E-state index is 10.5. The molecule has 0 saturated carbocycles. The van der Waals surface area contributed by atoms with Gasteiger partial charge in [0.1, 0.15) is 18.0 Å². The summed E-state index contributed by atoms with van der Waals surface area (Å²) >= 11 is 6.82. The van der Waals surface area contributed by atoms with Crippen LogP contribution in [0.1, 0.15) is 23.1 Å². The second-order valence-electron chi connectivity index (χ2n) is 8.03. The Morgan fingerprint density at radius 3 is 2.38 bits per heavy atom. The van der Waals surface area contributed by atoms with Crippen LogP contribution in [-0.4, -0.2) is 54.5 Å². The normalized spacial score (nSPS) is 25.8. The second-order valence-corrected chi connectivity index (χ2v) is 8.40. The van der Waals surface area contributed by atoms with E-state index in [1.54, 1.807) is 7.11 Å². The lowest BCUT2D eigenvalue weighted by atomic mass is 9.86. The number of halogens is 1. The van der Waals surface area contributed by atoms with Crippen LogP contribution in [0.15, 0.2) is 54.6 Å². The molecule has 0 spiro atoms. The second kappa shape index (κ2) is 9.35. The van der Waals surface area contributed by atoms with Gasteiger partial charge in [-0.25, -0.2) is 0 Å². The van der Waals surface area contributed by atoms with Gasteiger partial charge in [0.05, 0.1) is 24.8 Å². The number of hydrogen-bond acceptors (Lipinski definition) is 6. The van der Waals surface area contributed by atoms with Crippen LogP contribution in [0.3, 0.4) is 0 Å². The van der Waals surface area contributed by atoms with Crippen molar-refractivity contribution in [1.29, 1.82) is 0 Å². The Morgan fingerprint density at radius 2 is 1.75 bits per heavy atom. The summed E-state index contributed by atoms with van der Waals surface area (Å²) in [4.78, 5) is 0. The van der Waals surface area contributed by atoms with Crippen LogP contribution in [0.4, 0.5) is 0 Å². The molecule has 0 bridgehead atoms. The molecule has 7 heteroatoms. The van der Waals surface area contributed by atoms with Gasteiger partial charge in [-0.15, -0.1) is 0 Å². The number of fused-ring (bicyclic) bond motifs is 1. The summed E-state index contributed by atoms with van der Waals surface area (Å²) in [6, 6.07) is 17.3. The largest absolute Gasteiger partial charge is 0.497 e. The third-order valence-electron chi connectivity index (χ3n) is 6.12. The Bertz CT molecular complexity index is 1090. The van der Waals surface area contributed by atoms with Crippen molar-refractivity contribution in [2.24, 2.45) is 0 Å². The molecule has 1 aliphatic heterocycles. The predicted octanol–water partition coefficient (Wildman–Crippen LogP) is 3.39. The van der Waals surface area contributed by atoms with Crippen molar-refractivity contribution < 1.29 is 29.5 Å². The van der Waals surface area contributed by atoms with E-state index in [4.69, 9.17) is 25.8 Å². The number of hydrogen-bond donors (Lipinski definition) is 3. The zero-order valence-corrected chi connectivity index (χ0v) is 18.7. The summed E-state index contributed by atoms with van der Waals surface area (Å²) < 4.78 is 17.2. The quantitative estimate of drug-likeness (QED) is 0.524. The van der Waals surface area contributed by atoms with Crippen LogP contribution in [0.25, 0.3) is 10.8 Å². The van der Waals surface area contributed by atoms with E-state index >= 15 is 0 Å². The van der Waals surface area contributed by atoms with Crippen molar-refractivity contribution in [3.8, 4) is 5.75 Å². The number of ether oxygens (including phenoxy) is 3. The van der Waals surface area contributed by atoms with Gasteiger partial charge in [-0.05, 0) is 41.1 Å². The Kier molecular flexibility index (Phi) is 6.72. The molecule has 32 heavy (non-hydrogen) atoms. The highest BCUT2D eigenvalue weighted by Gasteiger charge is 2.48. The van der Waals surface area contributed by atoms with Gasteiger partial charge in [0.25, 0.3) is 0 Å². The molecular formula is C25H27ClO6. The fourth-order valence-corrected chi connectivity index (χ4v) is 4.66. The molecule has 3 N–H and O–H groups in total. The van der Waals surface area contributed by atoms with Gasteiger partial charge in [0, 0.05) is 24.5 Å². The summed E-state index contributed by atoms with van der Waals surface area (Å²) in [7, 11) is 3.12. The molecule has 4 atom stereocenters. The van der Waals surface area contributed by atoms with Crippen LogP contribution < -0.4 is 4.74 Å². The first-order chi connectivity index (χ1) is 15.4. The smallest absolute Gasteiger partial charge is 0.198 e. The summed E-state index contributed by atoms with van der Waals surface area (Å²) in [5.41, 5.74) is 2.60. The number of benzene rings is 3. The first-order valence-electron chi connectivity index (χ1n) is 10.5. The molecule has 1 saturated heterocycles. The molecule has 0 aliphatic carbocycles. The highest BCUT2D eigenvalue weighted by atomic mass is 35.5. The molecule has 4 rings (SSSR count). The van der Waals surface area contributed by atoms with E-state index in [0.29, 0.717) is 17.0 Å². The molecule has 0 radical (unpaired) electrons. The highest BCUT2D eigenvalue weighted by molar-refractivity contribution is 6.36. The molecule has 170 valence electrons. The monoisotopic (exact) mass is 458 g/mol. The van der Waals surface area contributed by atoms with E-state index in [1.807, 2.05) is 54.6 Å². The van der Waals surface area contributed by atoms with Crippen molar-refractivity contribution in [3.05, 3.63) is 76.3 Å². The van der Waals surface area contributed by atoms with E-state index in [-0.39, 0.29) is 6.42 Å². The molecule has 1 aliphatic rings. The van der Waals surface area contributed by atoms with E-state index in [0.717, 1.165) is 27.6 Å². The number of rotatable bonds is 6. The lowest BCUT2D eigenvalue weighted by molar-refractivity contribution is -0.322. The summed E-state index contributed by atoms with van der Waals surface area (Å²) in [6.07, 6.45) is -2.75. The standard InChI is InChI=1S/C25H27ClO6/c1-30-17-9-7-15(8-10-17)11-16-12-20(18-5-3-4-6-19(18)23(16)26)25(31-2)13-21(28)24(29)22(14-27)32-25/h3-10,12,21-22,24,27-29H,11,13-14H2,1-2H3/t21-,22-,24+,25-/m1/s1. The molecule has 3 aromatic rings. The Balaban J connectivity index is 1.85. The first kappa shape index (κ1) is 23.0. The average Bonchev–Trinajstić information content (AvgIpc) is 2.83. The van der Waals surface area contributed by atoms with E-state index < -0.39 is 30.7 Å². The molecule has 1 heterocycles. The predicted molar refractivity (Wildman–Crippen MR) is 122 cm³/mol. The van der Waals surface area contributed by atoms with Crippen molar-refractivity contribution >= 4 is 22.4 Å². The maximum absolute atomic E-state index is 10.5. The summed E-state index contributed by atoms with van der Waals surface area (Å²) in [6.45, 7) is -0.451. The minimum Gasteiger partial charge on any atom is -0.497 e. The number of aliphatic hydroxyl groups is 3. The van der Waals surface area contributed by atoms with Gasteiger partial charge >= 0.3 is 0 Å². The van der Waals surface area contributed by atoms with Gasteiger partial charge in [-0.2, -0.15) is 0 Å². The Labute approximate surface area is 191 Å². The van der Waals surface area contributed by atoms with Crippen molar-refractivity contribution in [3.63, 3.8) is 0 Å². The van der Waals surface area contributed by atoms with Crippen LogP contribution in [-0.2, 0) is 21.7 Å². The SMILES string of the molecule is COc1ccc(Cc2cc([C@@]3(OC)C[C@@H](O)[C@H](O)[C@@H](CO)O3)c3ccccc3c2Cl)cc1. The lowest BCUT2D eigenvalue weighted by Gasteiger charge is -2.45. The van der Waals surface area contributed by atoms with Crippen molar-refractivity contribution in [1.82, 2.24) is 0 Å². The van der Waals surface area contributed by atoms with Gasteiger partial charge < -0.3 is 29.5 Å². The third-order valence-corrected chi connectivity index (χ3v) is 6.57. The third kappa shape index (κ3) is 4.10. The van der Waals surface area contributed by atoms with Crippen LogP contribution >= 0.6 is 11.6 Å². The van der Waals surface area contributed by atoms with Crippen LogP contribution in [0, 0.1) is 0 Å². The molecular weight excluding hydrogens is 432 g/mol. The molecule has 3 aromatic carbocycles. The summed E-state index contributed by atoms with van der Waals surface area (Å²) in [5.74, 6) is -0.583. The van der Waals surface area contributed by atoms with Gasteiger partial charge in [0.15, 0.2) is 5.79 Å². The van der Waals surface area contributed by atoms with E-state index in [2.05, 4.69) is 0 Å². The minimum absolute atomic E-state index is 0.00870. The molecule has 0 aromatic heterocycles. The Morgan fingerprint density at radius 1 is 1.06 bits per heavy atom. The maximum Gasteiger partial charge on any atom is 0.198 e. The number of aliphatic hydroxyl groups excluding tert-OH is 3. The Hall–Kier alpha value is -2.19. The molecule has 0 unspecified atom stereocenters. The zero-order chi connectivity index (χ0) is 22.9. The van der Waals surface area contributed by atoms with Gasteiger partial charge in [-0.3, -0.25) is 0 Å². The van der Waals surface area contributed by atoms with Gasteiger partial charge in [-0.1, -0.05) is 48.0 Å².